The normalized spacial score (nSPS) is 18.8. The molecule has 1 aromatic heterocycles. The number of anilines is 1. The standard InChI is InChI=1S/C14H12BrFN2OS/c15-6-9-5-13(19)18(7-9)14-17-12(8-20-14)10-1-3-11(16)4-2-10/h1-4,8-9H,5-7H2. The lowest BCUT2D eigenvalue weighted by molar-refractivity contribution is -0.117. The summed E-state index contributed by atoms with van der Waals surface area (Å²) in [6.45, 7) is 0.709. The Morgan fingerprint density at radius 3 is 2.80 bits per heavy atom. The molecule has 0 aliphatic carbocycles. The van der Waals surface area contributed by atoms with Gasteiger partial charge in [-0.15, -0.1) is 11.3 Å². The minimum atomic E-state index is -0.265. The zero-order valence-electron chi connectivity index (χ0n) is 10.6. The van der Waals surface area contributed by atoms with Crippen molar-refractivity contribution in [3.8, 4) is 11.3 Å². The maximum atomic E-state index is 12.9. The third kappa shape index (κ3) is 2.62. The van der Waals surface area contributed by atoms with Crippen LogP contribution in [-0.2, 0) is 4.79 Å². The molecule has 20 heavy (non-hydrogen) atoms. The molecular weight excluding hydrogens is 343 g/mol. The molecule has 1 aliphatic heterocycles. The first-order valence-corrected chi connectivity index (χ1v) is 8.25. The number of thiazole rings is 1. The van der Waals surface area contributed by atoms with Crippen molar-refractivity contribution in [1.82, 2.24) is 4.98 Å². The number of hydrogen-bond donors (Lipinski definition) is 0. The Balaban J connectivity index is 1.83. The number of carbonyl (C=O) groups is 1. The number of rotatable bonds is 3. The summed E-state index contributed by atoms with van der Waals surface area (Å²) in [5, 5.41) is 3.45. The molecule has 104 valence electrons. The Hall–Kier alpha value is -1.27. The first kappa shape index (κ1) is 13.7. The van der Waals surface area contributed by atoms with Crippen LogP contribution < -0.4 is 4.90 Å². The van der Waals surface area contributed by atoms with Gasteiger partial charge in [0.1, 0.15) is 5.82 Å². The molecule has 2 heterocycles. The Morgan fingerprint density at radius 1 is 1.40 bits per heavy atom. The lowest BCUT2D eigenvalue weighted by Crippen LogP contribution is -2.24. The van der Waals surface area contributed by atoms with Gasteiger partial charge in [-0.3, -0.25) is 9.69 Å². The predicted molar refractivity (Wildman–Crippen MR) is 81.8 cm³/mol. The number of benzene rings is 1. The second-order valence-electron chi connectivity index (χ2n) is 4.75. The number of nitrogens with zero attached hydrogens (tertiary/aromatic N) is 2. The summed E-state index contributed by atoms with van der Waals surface area (Å²) in [4.78, 5) is 18.2. The predicted octanol–water partition coefficient (Wildman–Crippen LogP) is 3.70. The number of alkyl halides is 1. The topological polar surface area (TPSA) is 33.2 Å². The quantitative estimate of drug-likeness (QED) is 0.787. The molecule has 1 aromatic carbocycles. The Kier molecular flexibility index (Phi) is 3.85. The van der Waals surface area contributed by atoms with Crippen molar-refractivity contribution in [2.24, 2.45) is 5.92 Å². The van der Waals surface area contributed by atoms with E-state index in [0.717, 1.165) is 21.7 Å². The summed E-state index contributed by atoms with van der Waals surface area (Å²) in [6, 6.07) is 6.22. The molecule has 3 nitrogen and oxygen atoms in total. The van der Waals surface area contributed by atoms with Gasteiger partial charge in [0.15, 0.2) is 5.13 Å². The molecule has 1 atom stereocenters. The number of aromatic nitrogens is 1. The summed E-state index contributed by atoms with van der Waals surface area (Å²) in [6.07, 6.45) is 0.566. The van der Waals surface area contributed by atoms with Gasteiger partial charge in [0.2, 0.25) is 5.91 Å². The average Bonchev–Trinajstić information content (AvgIpc) is 3.06. The molecule has 1 unspecified atom stereocenters. The molecule has 0 spiro atoms. The maximum Gasteiger partial charge on any atom is 0.229 e. The highest BCUT2D eigenvalue weighted by molar-refractivity contribution is 9.09. The molecule has 1 fully saturated rings. The fourth-order valence-electron chi connectivity index (χ4n) is 2.21. The molecule has 3 rings (SSSR count). The van der Waals surface area contributed by atoms with E-state index in [9.17, 15) is 9.18 Å². The Bertz CT molecular complexity index is 628. The molecule has 0 radical (unpaired) electrons. The van der Waals surface area contributed by atoms with E-state index >= 15 is 0 Å². The third-order valence-electron chi connectivity index (χ3n) is 3.29. The third-order valence-corrected chi connectivity index (χ3v) is 5.07. The molecule has 0 saturated carbocycles. The van der Waals surface area contributed by atoms with Crippen LogP contribution in [0.4, 0.5) is 9.52 Å². The van der Waals surface area contributed by atoms with E-state index in [1.54, 1.807) is 17.0 Å². The van der Waals surface area contributed by atoms with Gasteiger partial charge in [0.05, 0.1) is 5.69 Å². The van der Waals surface area contributed by atoms with Crippen molar-refractivity contribution in [3.63, 3.8) is 0 Å². The van der Waals surface area contributed by atoms with E-state index in [1.807, 2.05) is 5.38 Å². The van der Waals surface area contributed by atoms with E-state index in [2.05, 4.69) is 20.9 Å². The number of halogens is 2. The zero-order chi connectivity index (χ0) is 14.1. The largest absolute Gasteiger partial charge is 0.288 e. The van der Waals surface area contributed by atoms with Gasteiger partial charge in [0, 0.05) is 29.2 Å². The first-order valence-electron chi connectivity index (χ1n) is 6.25. The van der Waals surface area contributed by atoms with Gasteiger partial charge in [0.25, 0.3) is 0 Å². The van der Waals surface area contributed by atoms with Crippen LogP contribution in [0, 0.1) is 11.7 Å². The van der Waals surface area contributed by atoms with Crippen molar-refractivity contribution in [2.45, 2.75) is 6.42 Å². The van der Waals surface area contributed by atoms with Crippen LogP contribution in [0.15, 0.2) is 29.6 Å². The Labute approximate surface area is 128 Å². The van der Waals surface area contributed by atoms with Gasteiger partial charge in [-0.2, -0.15) is 0 Å². The van der Waals surface area contributed by atoms with Gasteiger partial charge in [-0.25, -0.2) is 9.37 Å². The van der Waals surface area contributed by atoms with Gasteiger partial charge < -0.3 is 0 Å². The van der Waals surface area contributed by atoms with Crippen LogP contribution in [-0.4, -0.2) is 22.8 Å². The van der Waals surface area contributed by atoms with Crippen molar-refractivity contribution in [2.75, 3.05) is 16.8 Å². The van der Waals surface area contributed by atoms with Crippen LogP contribution in [0.1, 0.15) is 6.42 Å². The molecule has 1 aliphatic rings. The van der Waals surface area contributed by atoms with Crippen LogP contribution in [0.25, 0.3) is 11.3 Å². The lowest BCUT2D eigenvalue weighted by Gasteiger charge is -2.11. The van der Waals surface area contributed by atoms with E-state index < -0.39 is 0 Å². The maximum absolute atomic E-state index is 12.9. The highest BCUT2D eigenvalue weighted by atomic mass is 79.9. The molecule has 1 amide bonds. The summed E-state index contributed by atoms with van der Waals surface area (Å²) >= 11 is 4.87. The molecule has 0 bridgehead atoms. The fourth-order valence-corrected chi connectivity index (χ4v) is 3.51. The Morgan fingerprint density at radius 2 is 2.15 bits per heavy atom. The van der Waals surface area contributed by atoms with Gasteiger partial charge in [-0.1, -0.05) is 15.9 Å². The molecule has 0 N–H and O–H groups in total. The highest BCUT2D eigenvalue weighted by Gasteiger charge is 2.31. The van der Waals surface area contributed by atoms with E-state index in [0.29, 0.717) is 18.9 Å². The first-order chi connectivity index (χ1) is 9.67. The minimum absolute atomic E-state index is 0.120. The highest BCUT2D eigenvalue weighted by Crippen LogP contribution is 2.31. The van der Waals surface area contributed by atoms with Crippen LogP contribution in [0.5, 0.6) is 0 Å². The molecule has 1 saturated heterocycles. The van der Waals surface area contributed by atoms with Gasteiger partial charge >= 0.3 is 0 Å². The van der Waals surface area contributed by atoms with Crippen molar-refractivity contribution >= 4 is 38.3 Å². The summed E-state index contributed by atoms with van der Waals surface area (Å²) < 4.78 is 12.9. The van der Waals surface area contributed by atoms with E-state index in [-0.39, 0.29) is 11.7 Å². The number of hydrogen-bond acceptors (Lipinski definition) is 3. The van der Waals surface area contributed by atoms with E-state index in [1.165, 1.54) is 23.5 Å². The fraction of sp³-hybridized carbons (Fsp3) is 0.286. The lowest BCUT2D eigenvalue weighted by atomic mass is 10.2. The van der Waals surface area contributed by atoms with Gasteiger partial charge in [-0.05, 0) is 30.2 Å². The van der Waals surface area contributed by atoms with Crippen molar-refractivity contribution in [3.05, 3.63) is 35.5 Å². The SMILES string of the molecule is O=C1CC(CBr)CN1c1nc(-c2ccc(F)cc2)cs1. The van der Waals surface area contributed by atoms with Crippen LogP contribution in [0.3, 0.4) is 0 Å². The monoisotopic (exact) mass is 354 g/mol. The van der Waals surface area contributed by atoms with Crippen molar-refractivity contribution in [1.29, 1.82) is 0 Å². The zero-order valence-corrected chi connectivity index (χ0v) is 13.0. The summed E-state index contributed by atoms with van der Waals surface area (Å²) in [5.74, 6) is 0.203. The minimum Gasteiger partial charge on any atom is -0.288 e. The molecular formula is C14H12BrFN2OS. The number of carbonyl (C=O) groups excluding carboxylic acids is 1. The smallest absolute Gasteiger partial charge is 0.229 e. The molecule has 2 aromatic rings. The second-order valence-corrected chi connectivity index (χ2v) is 6.24. The van der Waals surface area contributed by atoms with Crippen molar-refractivity contribution < 1.29 is 9.18 Å². The van der Waals surface area contributed by atoms with Crippen LogP contribution in [0.2, 0.25) is 0 Å². The van der Waals surface area contributed by atoms with E-state index in [4.69, 9.17) is 0 Å². The molecule has 6 heteroatoms. The van der Waals surface area contributed by atoms with Crippen LogP contribution >= 0.6 is 27.3 Å². The average molecular weight is 355 g/mol. The number of amides is 1. The summed E-state index contributed by atoms with van der Waals surface area (Å²) in [5.41, 5.74) is 1.64. The second kappa shape index (κ2) is 5.61. The summed E-state index contributed by atoms with van der Waals surface area (Å²) in [7, 11) is 0.